The van der Waals surface area contributed by atoms with E-state index < -0.39 is 5.97 Å². The summed E-state index contributed by atoms with van der Waals surface area (Å²) < 4.78 is 26.6. The molecule has 2 N–H and O–H groups in total. The number of rotatable bonds is 6. The van der Waals surface area contributed by atoms with Gasteiger partial charge in [-0.05, 0) is 48.0 Å². The number of carbonyl (C=O) groups is 1. The van der Waals surface area contributed by atoms with Gasteiger partial charge in [0.25, 0.3) is 0 Å². The Balaban J connectivity index is 1.71. The molecular weight excluding hydrogens is 406 g/mol. The standard InChI is InChI=1S/C23H16F2N2O2S/c24-16-9-5-14(6-10-16)18-3-1-2-4-19(18)26-23-27-22(20(30-23)13-21(28)29)15-7-11-17(25)12-8-15/h1-12H,13H2,(H,26,27)(H,28,29). The van der Waals surface area contributed by atoms with E-state index in [4.69, 9.17) is 0 Å². The zero-order valence-corrected chi connectivity index (χ0v) is 16.4. The van der Waals surface area contributed by atoms with Gasteiger partial charge in [-0.1, -0.05) is 30.3 Å². The minimum atomic E-state index is -0.972. The van der Waals surface area contributed by atoms with Crippen LogP contribution >= 0.6 is 11.3 Å². The molecule has 0 aliphatic heterocycles. The Bertz CT molecular complexity index is 1190. The van der Waals surface area contributed by atoms with Crippen LogP contribution in [0.4, 0.5) is 19.6 Å². The summed E-state index contributed by atoms with van der Waals surface area (Å²) in [5.74, 6) is -1.66. The van der Waals surface area contributed by atoms with Crippen molar-refractivity contribution in [2.75, 3.05) is 5.32 Å². The number of thiazole rings is 1. The normalized spacial score (nSPS) is 10.7. The summed E-state index contributed by atoms with van der Waals surface area (Å²) in [6.45, 7) is 0. The average molecular weight is 422 g/mol. The summed E-state index contributed by atoms with van der Waals surface area (Å²) in [7, 11) is 0. The minimum Gasteiger partial charge on any atom is -0.481 e. The summed E-state index contributed by atoms with van der Waals surface area (Å²) in [6, 6.07) is 19.5. The molecule has 0 atom stereocenters. The van der Waals surface area contributed by atoms with Gasteiger partial charge in [0, 0.05) is 21.7 Å². The second-order valence-corrected chi connectivity index (χ2v) is 7.63. The highest BCUT2D eigenvalue weighted by Gasteiger charge is 2.17. The molecule has 30 heavy (non-hydrogen) atoms. The van der Waals surface area contributed by atoms with Crippen LogP contribution < -0.4 is 5.32 Å². The van der Waals surface area contributed by atoms with E-state index in [9.17, 15) is 18.7 Å². The van der Waals surface area contributed by atoms with Gasteiger partial charge in [0.15, 0.2) is 5.13 Å². The first-order valence-corrected chi connectivity index (χ1v) is 9.90. The van der Waals surface area contributed by atoms with E-state index >= 15 is 0 Å². The third kappa shape index (κ3) is 4.36. The number of hydrogen-bond donors (Lipinski definition) is 2. The van der Waals surface area contributed by atoms with Crippen LogP contribution in [0.2, 0.25) is 0 Å². The Hall–Kier alpha value is -3.58. The van der Waals surface area contributed by atoms with Gasteiger partial charge in [0.05, 0.1) is 12.1 Å². The first kappa shape index (κ1) is 19.7. The average Bonchev–Trinajstić information content (AvgIpc) is 3.11. The lowest BCUT2D eigenvalue weighted by Gasteiger charge is -2.10. The van der Waals surface area contributed by atoms with Crippen molar-refractivity contribution in [1.29, 1.82) is 0 Å². The number of carboxylic acid groups (broad SMARTS) is 1. The van der Waals surface area contributed by atoms with Crippen LogP contribution in [0.5, 0.6) is 0 Å². The predicted molar refractivity (Wildman–Crippen MR) is 114 cm³/mol. The molecule has 0 aliphatic rings. The first-order valence-electron chi connectivity index (χ1n) is 9.09. The van der Waals surface area contributed by atoms with Crippen molar-refractivity contribution in [3.8, 4) is 22.4 Å². The Morgan fingerprint density at radius 3 is 2.13 bits per heavy atom. The van der Waals surface area contributed by atoms with Crippen LogP contribution in [0, 0.1) is 11.6 Å². The number of halogens is 2. The van der Waals surface area contributed by atoms with Gasteiger partial charge in [-0.3, -0.25) is 4.79 Å². The van der Waals surface area contributed by atoms with Gasteiger partial charge in [-0.15, -0.1) is 11.3 Å². The zero-order valence-electron chi connectivity index (χ0n) is 15.6. The second-order valence-electron chi connectivity index (χ2n) is 6.55. The highest BCUT2D eigenvalue weighted by atomic mass is 32.1. The van der Waals surface area contributed by atoms with Crippen molar-refractivity contribution >= 4 is 28.1 Å². The molecule has 0 radical (unpaired) electrons. The van der Waals surface area contributed by atoms with Gasteiger partial charge in [0.1, 0.15) is 11.6 Å². The molecule has 3 aromatic carbocycles. The van der Waals surface area contributed by atoms with Crippen LogP contribution in [0.25, 0.3) is 22.4 Å². The van der Waals surface area contributed by atoms with Crippen molar-refractivity contribution in [2.24, 2.45) is 0 Å². The molecule has 1 aromatic heterocycles. The zero-order chi connectivity index (χ0) is 21.1. The first-order chi connectivity index (χ1) is 14.5. The molecule has 1 heterocycles. The number of nitrogens with one attached hydrogen (secondary N) is 1. The largest absolute Gasteiger partial charge is 0.481 e. The van der Waals surface area contributed by atoms with Crippen molar-refractivity contribution < 1.29 is 18.7 Å². The smallest absolute Gasteiger partial charge is 0.308 e. The summed E-state index contributed by atoms with van der Waals surface area (Å²) in [5, 5.41) is 13.0. The number of hydrogen-bond acceptors (Lipinski definition) is 4. The molecule has 4 nitrogen and oxygen atoms in total. The van der Waals surface area contributed by atoms with Crippen molar-refractivity contribution in [1.82, 2.24) is 4.98 Å². The molecule has 0 saturated carbocycles. The fourth-order valence-electron chi connectivity index (χ4n) is 3.08. The second kappa shape index (κ2) is 8.42. The maximum Gasteiger partial charge on any atom is 0.308 e. The summed E-state index contributed by atoms with van der Waals surface area (Å²) >= 11 is 1.23. The fourth-order valence-corrected chi connectivity index (χ4v) is 4.07. The molecular formula is C23H16F2N2O2S. The Labute approximate surface area is 175 Å². The van der Waals surface area contributed by atoms with Gasteiger partial charge < -0.3 is 10.4 Å². The molecule has 0 saturated heterocycles. The van der Waals surface area contributed by atoms with Crippen LogP contribution in [0.1, 0.15) is 4.88 Å². The van der Waals surface area contributed by atoms with E-state index in [0.717, 1.165) is 16.8 Å². The van der Waals surface area contributed by atoms with Crippen molar-refractivity contribution in [3.63, 3.8) is 0 Å². The van der Waals surface area contributed by atoms with Crippen LogP contribution in [0.3, 0.4) is 0 Å². The topological polar surface area (TPSA) is 62.2 Å². The number of para-hydroxylation sites is 1. The van der Waals surface area contributed by atoms with Gasteiger partial charge in [-0.2, -0.15) is 0 Å². The monoisotopic (exact) mass is 422 g/mol. The van der Waals surface area contributed by atoms with Gasteiger partial charge >= 0.3 is 5.97 Å². The number of benzene rings is 3. The molecule has 150 valence electrons. The van der Waals surface area contributed by atoms with Gasteiger partial charge in [-0.25, -0.2) is 13.8 Å². The third-order valence-corrected chi connectivity index (χ3v) is 5.42. The maximum absolute atomic E-state index is 13.3. The molecule has 0 spiro atoms. The molecule has 0 amide bonds. The van der Waals surface area contributed by atoms with E-state index in [1.165, 1.54) is 35.6 Å². The molecule has 4 rings (SSSR count). The number of aliphatic carboxylic acids is 1. The number of aromatic nitrogens is 1. The molecule has 7 heteroatoms. The Morgan fingerprint density at radius 2 is 1.50 bits per heavy atom. The van der Waals surface area contributed by atoms with E-state index in [-0.39, 0.29) is 18.1 Å². The summed E-state index contributed by atoms with van der Waals surface area (Å²) in [4.78, 5) is 16.4. The fraction of sp³-hybridized carbons (Fsp3) is 0.0435. The predicted octanol–water partition coefficient (Wildman–Crippen LogP) is 6.13. The Morgan fingerprint density at radius 1 is 0.900 bits per heavy atom. The Kier molecular flexibility index (Phi) is 5.54. The number of carboxylic acids is 1. The minimum absolute atomic E-state index is 0.189. The highest BCUT2D eigenvalue weighted by molar-refractivity contribution is 7.16. The molecule has 0 aliphatic carbocycles. The highest BCUT2D eigenvalue weighted by Crippen LogP contribution is 2.36. The molecule has 0 bridgehead atoms. The summed E-state index contributed by atoms with van der Waals surface area (Å²) in [5.41, 5.74) is 3.59. The van der Waals surface area contributed by atoms with E-state index in [2.05, 4.69) is 10.3 Å². The van der Waals surface area contributed by atoms with Crippen molar-refractivity contribution in [3.05, 3.63) is 89.3 Å². The molecule has 0 fully saturated rings. The third-order valence-electron chi connectivity index (χ3n) is 4.45. The van der Waals surface area contributed by atoms with E-state index in [1.807, 2.05) is 24.3 Å². The lowest BCUT2D eigenvalue weighted by molar-refractivity contribution is -0.136. The maximum atomic E-state index is 13.3. The van der Waals surface area contributed by atoms with Crippen LogP contribution in [0.15, 0.2) is 72.8 Å². The number of anilines is 2. The summed E-state index contributed by atoms with van der Waals surface area (Å²) in [6.07, 6.45) is -0.189. The van der Waals surface area contributed by atoms with Crippen LogP contribution in [-0.2, 0) is 11.2 Å². The quantitative estimate of drug-likeness (QED) is 0.393. The lowest BCUT2D eigenvalue weighted by Crippen LogP contribution is -1.99. The SMILES string of the molecule is O=C(O)Cc1sc(Nc2ccccc2-c2ccc(F)cc2)nc1-c1ccc(F)cc1. The van der Waals surface area contributed by atoms with Gasteiger partial charge in [0.2, 0.25) is 0 Å². The number of nitrogens with zero attached hydrogens (tertiary/aromatic N) is 1. The molecule has 4 aromatic rings. The lowest BCUT2D eigenvalue weighted by atomic mass is 10.0. The van der Waals surface area contributed by atoms with E-state index in [0.29, 0.717) is 21.3 Å². The van der Waals surface area contributed by atoms with Crippen molar-refractivity contribution in [2.45, 2.75) is 6.42 Å². The van der Waals surface area contributed by atoms with E-state index in [1.54, 1.807) is 24.3 Å². The molecule has 0 unspecified atom stereocenters. The van der Waals surface area contributed by atoms with Crippen LogP contribution in [-0.4, -0.2) is 16.1 Å².